The fraction of sp³-hybridized carbons (Fsp3) is 0.250. The van der Waals surface area contributed by atoms with Gasteiger partial charge in [0.15, 0.2) is 0 Å². The number of nitrogens with one attached hydrogen (secondary N) is 1. The monoisotopic (exact) mass is 397 g/mol. The molecule has 3 rings (SSSR count). The molecule has 1 saturated carbocycles. The first-order valence-electron chi connectivity index (χ1n) is 6.59. The first-order chi connectivity index (χ1) is 9.61. The Morgan fingerprint density at radius 2 is 1.70 bits per heavy atom. The zero-order valence-corrected chi connectivity index (χ0v) is 13.9. The second kappa shape index (κ2) is 5.86. The second-order valence-corrected chi connectivity index (χ2v) is 6.96. The molecule has 0 aromatic heterocycles. The average Bonchev–Trinajstić information content (AvgIpc) is 2.39. The fourth-order valence-electron chi connectivity index (χ4n) is 2.57. The van der Waals surface area contributed by atoms with Gasteiger partial charge in [-0.15, -0.1) is 0 Å². The lowest BCUT2D eigenvalue weighted by molar-refractivity contribution is 0.374. The van der Waals surface area contributed by atoms with Crippen molar-refractivity contribution in [2.75, 3.05) is 5.32 Å². The molecule has 2 aromatic rings. The van der Waals surface area contributed by atoms with Crippen LogP contribution < -0.4 is 5.32 Å². The quantitative estimate of drug-likeness (QED) is 0.698. The van der Waals surface area contributed by atoms with E-state index in [1.807, 2.05) is 24.3 Å². The summed E-state index contributed by atoms with van der Waals surface area (Å²) in [6, 6.07) is 13.5. The maximum Gasteiger partial charge on any atom is 0.123 e. The molecule has 20 heavy (non-hydrogen) atoms. The van der Waals surface area contributed by atoms with Gasteiger partial charge in [0, 0.05) is 20.7 Å². The molecule has 2 aromatic carbocycles. The van der Waals surface area contributed by atoms with E-state index in [0.29, 0.717) is 12.0 Å². The molecular formula is C16H14Br2FN. The lowest BCUT2D eigenvalue weighted by Gasteiger charge is -2.37. The Labute approximate surface area is 134 Å². The largest absolute Gasteiger partial charge is 0.381 e. The van der Waals surface area contributed by atoms with Crippen LogP contribution in [0.25, 0.3) is 0 Å². The summed E-state index contributed by atoms with van der Waals surface area (Å²) < 4.78 is 15.0. The van der Waals surface area contributed by atoms with Crippen molar-refractivity contribution in [1.29, 1.82) is 0 Å². The smallest absolute Gasteiger partial charge is 0.123 e. The summed E-state index contributed by atoms with van der Waals surface area (Å²) in [6.45, 7) is 0. The molecule has 1 fully saturated rings. The third kappa shape index (κ3) is 3.07. The summed E-state index contributed by atoms with van der Waals surface area (Å²) in [5.41, 5.74) is 2.35. The summed E-state index contributed by atoms with van der Waals surface area (Å²) >= 11 is 7.04. The summed E-state index contributed by atoms with van der Waals surface area (Å²) in [5, 5.41) is 3.55. The third-order valence-corrected chi connectivity index (χ3v) is 4.95. The number of rotatable bonds is 3. The molecule has 0 unspecified atom stereocenters. The summed E-state index contributed by atoms with van der Waals surface area (Å²) in [7, 11) is 0. The van der Waals surface area contributed by atoms with E-state index < -0.39 is 0 Å². The van der Waals surface area contributed by atoms with E-state index in [1.165, 1.54) is 5.56 Å². The molecule has 0 spiro atoms. The van der Waals surface area contributed by atoms with Crippen molar-refractivity contribution in [1.82, 2.24) is 0 Å². The van der Waals surface area contributed by atoms with Crippen LogP contribution in [-0.2, 0) is 0 Å². The Balaban J connectivity index is 1.60. The molecule has 0 radical (unpaired) electrons. The molecular weight excluding hydrogens is 385 g/mol. The molecule has 1 N–H and O–H groups in total. The van der Waals surface area contributed by atoms with Gasteiger partial charge >= 0.3 is 0 Å². The van der Waals surface area contributed by atoms with Crippen LogP contribution >= 0.6 is 31.9 Å². The van der Waals surface area contributed by atoms with Crippen molar-refractivity contribution in [3.05, 3.63) is 62.8 Å². The van der Waals surface area contributed by atoms with Gasteiger partial charge in [0.05, 0.1) is 0 Å². The molecule has 0 aliphatic heterocycles. The van der Waals surface area contributed by atoms with Crippen LogP contribution in [-0.4, -0.2) is 6.04 Å². The maximum absolute atomic E-state index is 12.9. The standard InChI is InChI=1S/C16H14Br2FN/c17-12-3-6-15(18)16(9-12)20-14-7-11(8-14)10-1-4-13(19)5-2-10/h1-6,9,11,14,20H,7-8H2. The van der Waals surface area contributed by atoms with E-state index in [9.17, 15) is 4.39 Å². The first kappa shape index (κ1) is 14.1. The molecule has 1 aliphatic rings. The van der Waals surface area contributed by atoms with Gasteiger partial charge in [0.1, 0.15) is 5.82 Å². The SMILES string of the molecule is Fc1ccc(C2CC(Nc3cc(Br)ccc3Br)C2)cc1. The summed E-state index contributed by atoms with van der Waals surface area (Å²) in [5.74, 6) is 0.375. The number of benzene rings is 2. The minimum atomic E-state index is -0.166. The van der Waals surface area contributed by atoms with E-state index in [-0.39, 0.29) is 5.82 Å². The summed E-state index contributed by atoms with van der Waals surface area (Å²) in [6.07, 6.45) is 2.18. The van der Waals surface area contributed by atoms with Gasteiger partial charge in [-0.1, -0.05) is 28.1 Å². The van der Waals surface area contributed by atoms with Gasteiger partial charge < -0.3 is 5.32 Å². The topological polar surface area (TPSA) is 12.0 Å². The molecule has 1 aliphatic carbocycles. The fourth-order valence-corrected chi connectivity index (χ4v) is 3.29. The van der Waals surface area contributed by atoms with E-state index >= 15 is 0 Å². The summed E-state index contributed by atoms with van der Waals surface area (Å²) in [4.78, 5) is 0. The van der Waals surface area contributed by atoms with Gasteiger partial charge in [0.2, 0.25) is 0 Å². The van der Waals surface area contributed by atoms with Crippen LogP contribution in [0.2, 0.25) is 0 Å². The number of hydrogen-bond acceptors (Lipinski definition) is 1. The van der Waals surface area contributed by atoms with E-state index in [4.69, 9.17) is 0 Å². The first-order valence-corrected chi connectivity index (χ1v) is 8.17. The minimum absolute atomic E-state index is 0.166. The number of anilines is 1. The van der Waals surface area contributed by atoms with Crippen molar-refractivity contribution < 1.29 is 4.39 Å². The van der Waals surface area contributed by atoms with Crippen LogP contribution in [0.15, 0.2) is 51.4 Å². The highest BCUT2D eigenvalue weighted by atomic mass is 79.9. The molecule has 0 atom stereocenters. The normalized spacial score (nSPS) is 21.4. The van der Waals surface area contributed by atoms with Gasteiger partial charge in [-0.2, -0.15) is 0 Å². The number of hydrogen-bond donors (Lipinski definition) is 1. The molecule has 0 heterocycles. The van der Waals surface area contributed by atoms with Crippen LogP contribution in [0, 0.1) is 5.82 Å². The molecule has 0 amide bonds. The molecule has 104 valence electrons. The van der Waals surface area contributed by atoms with Crippen molar-refractivity contribution in [2.45, 2.75) is 24.8 Å². The lowest BCUT2D eigenvalue weighted by Crippen LogP contribution is -2.34. The molecule has 1 nitrogen and oxygen atoms in total. The Bertz CT molecular complexity index is 606. The van der Waals surface area contributed by atoms with Crippen molar-refractivity contribution >= 4 is 37.5 Å². The lowest BCUT2D eigenvalue weighted by atomic mass is 9.76. The van der Waals surface area contributed by atoms with Crippen molar-refractivity contribution in [3.8, 4) is 0 Å². The van der Waals surface area contributed by atoms with E-state index in [0.717, 1.165) is 27.5 Å². The Hall–Kier alpha value is -0.870. The predicted octanol–water partition coefficient (Wildman–Crippen LogP) is 5.71. The van der Waals surface area contributed by atoms with E-state index in [1.54, 1.807) is 12.1 Å². The molecule has 0 bridgehead atoms. The zero-order valence-electron chi connectivity index (χ0n) is 10.7. The second-order valence-electron chi connectivity index (χ2n) is 5.19. The Kier molecular flexibility index (Phi) is 4.13. The van der Waals surface area contributed by atoms with Gasteiger partial charge in [0.25, 0.3) is 0 Å². The highest BCUT2D eigenvalue weighted by Gasteiger charge is 2.30. The minimum Gasteiger partial charge on any atom is -0.381 e. The van der Waals surface area contributed by atoms with Crippen LogP contribution in [0.1, 0.15) is 24.3 Å². The maximum atomic E-state index is 12.9. The van der Waals surface area contributed by atoms with Crippen LogP contribution in [0.3, 0.4) is 0 Å². The van der Waals surface area contributed by atoms with E-state index in [2.05, 4.69) is 43.2 Å². The van der Waals surface area contributed by atoms with Crippen molar-refractivity contribution in [3.63, 3.8) is 0 Å². The Morgan fingerprint density at radius 1 is 1.00 bits per heavy atom. The average molecular weight is 399 g/mol. The van der Waals surface area contributed by atoms with Crippen LogP contribution in [0.5, 0.6) is 0 Å². The Morgan fingerprint density at radius 3 is 2.40 bits per heavy atom. The molecule has 4 heteroatoms. The number of halogens is 3. The van der Waals surface area contributed by atoms with Crippen molar-refractivity contribution in [2.24, 2.45) is 0 Å². The zero-order chi connectivity index (χ0) is 14.1. The van der Waals surface area contributed by atoms with Crippen LogP contribution in [0.4, 0.5) is 10.1 Å². The predicted molar refractivity (Wildman–Crippen MR) is 87.6 cm³/mol. The molecule has 0 saturated heterocycles. The van der Waals surface area contributed by atoms with Gasteiger partial charge in [-0.25, -0.2) is 4.39 Å². The highest BCUT2D eigenvalue weighted by Crippen LogP contribution is 2.39. The van der Waals surface area contributed by atoms with Gasteiger partial charge in [-0.05, 0) is 70.6 Å². The van der Waals surface area contributed by atoms with Gasteiger partial charge in [-0.3, -0.25) is 0 Å². The third-order valence-electron chi connectivity index (χ3n) is 3.77. The highest BCUT2D eigenvalue weighted by molar-refractivity contribution is 9.11.